The Labute approximate surface area is 152 Å². The molecule has 3 rings (SSSR count). The quantitative estimate of drug-likeness (QED) is 0.630. The van der Waals surface area contributed by atoms with Gasteiger partial charge in [0.25, 0.3) is 0 Å². The average molecular weight is 376 g/mol. The van der Waals surface area contributed by atoms with Crippen LogP contribution in [-0.4, -0.2) is 26.7 Å². The fourth-order valence-corrected chi connectivity index (χ4v) is 5.16. The van der Waals surface area contributed by atoms with Crippen molar-refractivity contribution in [3.63, 3.8) is 0 Å². The maximum absolute atomic E-state index is 12.7. The number of benzene rings is 2. The van der Waals surface area contributed by atoms with Crippen LogP contribution in [0.25, 0.3) is 10.8 Å². The van der Waals surface area contributed by atoms with Crippen LogP contribution in [-0.2, 0) is 10.0 Å². The molecular weight excluding hydrogens is 354 g/mol. The van der Waals surface area contributed by atoms with Crippen LogP contribution in [0.2, 0.25) is 0 Å². The topological polar surface area (TPSA) is 66.4 Å². The molecule has 4 nitrogen and oxygen atoms in total. The van der Waals surface area contributed by atoms with Crippen molar-refractivity contribution in [2.24, 2.45) is 0 Å². The average Bonchev–Trinajstić information content (AvgIpc) is 3.15. The Hall–Kier alpha value is -1.73. The van der Waals surface area contributed by atoms with Crippen LogP contribution in [0.4, 0.5) is 0 Å². The Morgan fingerprint density at radius 3 is 2.56 bits per heavy atom. The largest absolute Gasteiger partial charge is 0.396 e. The van der Waals surface area contributed by atoms with Gasteiger partial charge in [0.05, 0.1) is 4.90 Å². The first-order valence-electron chi connectivity index (χ1n) is 8.23. The molecule has 0 amide bonds. The van der Waals surface area contributed by atoms with E-state index in [1.165, 1.54) is 4.88 Å². The summed E-state index contributed by atoms with van der Waals surface area (Å²) in [5.74, 6) is 0.167. The summed E-state index contributed by atoms with van der Waals surface area (Å²) in [5.41, 5.74) is 0. The van der Waals surface area contributed by atoms with Gasteiger partial charge in [-0.25, -0.2) is 13.1 Å². The summed E-state index contributed by atoms with van der Waals surface area (Å²) >= 11 is 1.64. The van der Waals surface area contributed by atoms with Crippen molar-refractivity contribution in [1.29, 1.82) is 0 Å². The van der Waals surface area contributed by atoms with Crippen molar-refractivity contribution in [3.8, 4) is 0 Å². The first-order valence-corrected chi connectivity index (χ1v) is 10.6. The highest BCUT2D eigenvalue weighted by Crippen LogP contribution is 2.27. The monoisotopic (exact) mass is 375 g/mol. The molecule has 0 bridgehead atoms. The molecule has 0 saturated carbocycles. The van der Waals surface area contributed by atoms with E-state index in [4.69, 9.17) is 0 Å². The van der Waals surface area contributed by atoms with Gasteiger partial charge in [-0.1, -0.05) is 42.5 Å². The molecule has 1 heterocycles. The zero-order chi connectivity index (χ0) is 17.7. The Morgan fingerprint density at radius 1 is 1.00 bits per heavy atom. The summed E-state index contributed by atoms with van der Waals surface area (Å²) in [7, 11) is -3.58. The first kappa shape index (κ1) is 18.1. The van der Waals surface area contributed by atoms with Crippen LogP contribution in [0.15, 0.2) is 64.9 Å². The lowest BCUT2D eigenvalue weighted by atomic mass is 10.0. The predicted molar refractivity (Wildman–Crippen MR) is 103 cm³/mol. The van der Waals surface area contributed by atoms with Crippen molar-refractivity contribution >= 4 is 32.1 Å². The van der Waals surface area contributed by atoms with E-state index in [-0.39, 0.29) is 12.5 Å². The number of sulfonamides is 1. The van der Waals surface area contributed by atoms with Crippen molar-refractivity contribution < 1.29 is 13.5 Å². The second kappa shape index (κ2) is 8.10. The second-order valence-electron chi connectivity index (χ2n) is 5.89. The Morgan fingerprint density at radius 2 is 1.80 bits per heavy atom. The zero-order valence-electron chi connectivity index (χ0n) is 13.8. The summed E-state index contributed by atoms with van der Waals surface area (Å²) in [5, 5.41) is 12.9. The second-order valence-corrected chi connectivity index (χ2v) is 8.60. The molecule has 25 heavy (non-hydrogen) atoms. The SMILES string of the molecule is O=S(=O)(NCC[C@H](CCO)c1cccs1)c1cccc2ccccc12. The Kier molecular flexibility index (Phi) is 5.86. The van der Waals surface area contributed by atoms with Gasteiger partial charge in [0, 0.05) is 23.4 Å². The van der Waals surface area contributed by atoms with Gasteiger partial charge in [0.15, 0.2) is 0 Å². The van der Waals surface area contributed by atoms with Crippen LogP contribution in [0.5, 0.6) is 0 Å². The van der Waals surface area contributed by atoms with Gasteiger partial charge < -0.3 is 5.11 Å². The number of hydrogen-bond donors (Lipinski definition) is 2. The smallest absolute Gasteiger partial charge is 0.241 e. The molecule has 2 N–H and O–H groups in total. The van der Waals surface area contributed by atoms with E-state index in [0.29, 0.717) is 24.3 Å². The summed E-state index contributed by atoms with van der Waals surface area (Å²) < 4.78 is 28.1. The Bertz CT molecular complexity index is 916. The molecule has 132 valence electrons. The van der Waals surface area contributed by atoms with Gasteiger partial charge in [0.2, 0.25) is 10.0 Å². The van der Waals surface area contributed by atoms with E-state index >= 15 is 0 Å². The number of aliphatic hydroxyl groups is 1. The van der Waals surface area contributed by atoms with Gasteiger partial charge >= 0.3 is 0 Å². The molecule has 1 atom stereocenters. The van der Waals surface area contributed by atoms with E-state index in [9.17, 15) is 13.5 Å². The minimum Gasteiger partial charge on any atom is -0.396 e. The lowest BCUT2D eigenvalue weighted by Crippen LogP contribution is -2.26. The minimum absolute atomic E-state index is 0.0959. The van der Waals surface area contributed by atoms with Crippen LogP contribution in [0.3, 0.4) is 0 Å². The highest BCUT2D eigenvalue weighted by atomic mass is 32.2. The molecule has 0 fully saturated rings. The fourth-order valence-electron chi connectivity index (χ4n) is 2.98. The number of thiophene rings is 1. The highest BCUT2D eigenvalue weighted by Gasteiger charge is 2.18. The minimum atomic E-state index is -3.58. The molecule has 0 aliphatic carbocycles. The maximum atomic E-state index is 12.7. The van der Waals surface area contributed by atoms with Crippen LogP contribution < -0.4 is 4.72 Å². The predicted octanol–water partition coefficient (Wildman–Crippen LogP) is 3.74. The van der Waals surface area contributed by atoms with E-state index in [1.807, 2.05) is 47.8 Å². The molecule has 1 aromatic heterocycles. The lowest BCUT2D eigenvalue weighted by molar-refractivity contribution is 0.273. The van der Waals surface area contributed by atoms with E-state index in [0.717, 1.165) is 10.8 Å². The Balaban J connectivity index is 1.73. The van der Waals surface area contributed by atoms with Crippen molar-refractivity contribution in [2.75, 3.05) is 13.2 Å². The lowest BCUT2D eigenvalue weighted by Gasteiger charge is -2.15. The van der Waals surface area contributed by atoms with Gasteiger partial charge in [-0.15, -0.1) is 11.3 Å². The van der Waals surface area contributed by atoms with Gasteiger partial charge in [-0.05, 0) is 41.7 Å². The third kappa shape index (κ3) is 4.27. The molecule has 3 aromatic rings. The third-order valence-corrected chi connectivity index (χ3v) is 6.80. The van der Waals surface area contributed by atoms with E-state index in [1.54, 1.807) is 23.5 Å². The van der Waals surface area contributed by atoms with Gasteiger partial charge in [-0.2, -0.15) is 0 Å². The first-order chi connectivity index (χ1) is 12.1. The molecule has 0 unspecified atom stereocenters. The van der Waals surface area contributed by atoms with Crippen LogP contribution >= 0.6 is 11.3 Å². The number of hydrogen-bond acceptors (Lipinski definition) is 4. The van der Waals surface area contributed by atoms with Crippen LogP contribution in [0, 0.1) is 0 Å². The van der Waals surface area contributed by atoms with Crippen molar-refractivity contribution in [3.05, 3.63) is 64.9 Å². The molecule has 0 radical (unpaired) electrons. The summed E-state index contributed by atoms with van der Waals surface area (Å²) in [6, 6.07) is 16.8. The number of rotatable bonds is 8. The summed E-state index contributed by atoms with van der Waals surface area (Å²) in [6.45, 7) is 0.437. The zero-order valence-corrected chi connectivity index (χ0v) is 15.4. The van der Waals surface area contributed by atoms with Crippen molar-refractivity contribution in [1.82, 2.24) is 4.72 Å². The molecule has 0 saturated heterocycles. The van der Waals surface area contributed by atoms with Crippen molar-refractivity contribution in [2.45, 2.75) is 23.7 Å². The third-order valence-electron chi connectivity index (χ3n) is 4.25. The maximum Gasteiger partial charge on any atom is 0.241 e. The molecule has 0 spiro atoms. The molecule has 2 aromatic carbocycles. The normalized spacial score (nSPS) is 13.2. The fraction of sp³-hybridized carbons (Fsp3) is 0.263. The van der Waals surface area contributed by atoms with Crippen LogP contribution in [0.1, 0.15) is 23.6 Å². The summed E-state index contributed by atoms with van der Waals surface area (Å²) in [6.07, 6.45) is 1.29. The molecule has 0 aliphatic rings. The highest BCUT2D eigenvalue weighted by molar-refractivity contribution is 7.89. The van der Waals surface area contributed by atoms with Gasteiger partial charge in [0.1, 0.15) is 0 Å². The van der Waals surface area contributed by atoms with E-state index < -0.39 is 10.0 Å². The summed E-state index contributed by atoms with van der Waals surface area (Å²) in [4.78, 5) is 1.49. The molecule has 6 heteroatoms. The standard InChI is InChI=1S/C19H21NO3S2/c21-13-11-16(18-8-4-14-24-18)10-12-20-25(22,23)19-9-3-6-15-5-1-2-7-17(15)19/h1-9,14,16,20-21H,10-13H2/t16-/m1/s1. The van der Waals surface area contributed by atoms with E-state index in [2.05, 4.69) is 4.72 Å². The number of aliphatic hydroxyl groups excluding tert-OH is 1. The molecule has 0 aliphatic heterocycles. The number of nitrogens with one attached hydrogen (secondary N) is 1. The molecular formula is C19H21NO3S2. The number of fused-ring (bicyclic) bond motifs is 1. The van der Waals surface area contributed by atoms with Gasteiger partial charge in [-0.3, -0.25) is 0 Å².